The molecule has 0 saturated carbocycles. The van der Waals surface area contributed by atoms with Gasteiger partial charge in [0.25, 0.3) is 0 Å². The summed E-state index contributed by atoms with van der Waals surface area (Å²) in [4.78, 5) is 18.8. The van der Waals surface area contributed by atoms with Gasteiger partial charge in [0.05, 0.1) is 5.52 Å². The van der Waals surface area contributed by atoms with Gasteiger partial charge in [-0.05, 0) is 44.0 Å². The van der Waals surface area contributed by atoms with E-state index in [0.29, 0.717) is 11.6 Å². The molecular weight excluding hydrogens is 216 g/mol. The summed E-state index contributed by atoms with van der Waals surface area (Å²) in [6, 6.07) is 3.82. The van der Waals surface area contributed by atoms with Crippen molar-refractivity contribution in [3.8, 4) is 0 Å². The zero-order valence-electron chi connectivity index (χ0n) is 9.65. The third kappa shape index (κ3) is 1.98. The van der Waals surface area contributed by atoms with E-state index in [1.54, 1.807) is 6.20 Å². The lowest BCUT2D eigenvalue weighted by Gasteiger charge is -2.22. The van der Waals surface area contributed by atoms with Crippen LogP contribution >= 0.6 is 0 Å². The van der Waals surface area contributed by atoms with Gasteiger partial charge in [-0.15, -0.1) is 0 Å². The molecule has 2 aromatic rings. The van der Waals surface area contributed by atoms with Crippen LogP contribution in [0.15, 0.2) is 23.1 Å². The Morgan fingerprint density at radius 3 is 3.06 bits per heavy atom. The highest BCUT2D eigenvalue weighted by atomic mass is 16.1. The molecule has 1 aliphatic heterocycles. The van der Waals surface area contributed by atoms with Crippen molar-refractivity contribution in [2.24, 2.45) is 5.92 Å². The van der Waals surface area contributed by atoms with Gasteiger partial charge in [0.2, 0.25) is 0 Å². The van der Waals surface area contributed by atoms with Crippen molar-refractivity contribution in [1.29, 1.82) is 0 Å². The normalized spacial score (nSPS) is 17.6. The molecule has 0 atom stereocenters. The van der Waals surface area contributed by atoms with Crippen LogP contribution in [0.3, 0.4) is 0 Å². The average Bonchev–Trinajstić information content (AvgIpc) is 2.68. The topological polar surface area (TPSA) is 62.7 Å². The van der Waals surface area contributed by atoms with Crippen molar-refractivity contribution in [3.63, 3.8) is 0 Å². The Balaban J connectivity index is 1.93. The number of pyridine rings is 1. The smallest absolute Gasteiger partial charge is 0.317 e. The average molecular weight is 232 g/mol. The SMILES string of the molecule is O=c1[nH]c2ncccc2n1CC1CCNCC1. The van der Waals surface area contributed by atoms with E-state index >= 15 is 0 Å². The number of aromatic amines is 1. The maximum Gasteiger partial charge on any atom is 0.327 e. The van der Waals surface area contributed by atoms with Gasteiger partial charge in [-0.1, -0.05) is 0 Å². The molecule has 1 aliphatic rings. The third-order valence-corrected chi connectivity index (χ3v) is 3.45. The number of rotatable bonds is 2. The second-order valence-electron chi connectivity index (χ2n) is 4.61. The lowest BCUT2D eigenvalue weighted by molar-refractivity contribution is 0.333. The molecule has 17 heavy (non-hydrogen) atoms. The lowest BCUT2D eigenvalue weighted by Crippen LogP contribution is -2.31. The first-order valence-electron chi connectivity index (χ1n) is 6.09. The molecule has 3 heterocycles. The summed E-state index contributed by atoms with van der Waals surface area (Å²) < 4.78 is 1.82. The Labute approximate surface area is 98.9 Å². The monoisotopic (exact) mass is 232 g/mol. The number of piperidine rings is 1. The molecule has 0 aliphatic carbocycles. The highest BCUT2D eigenvalue weighted by molar-refractivity contribution is 5.70. The number of fused-ring (bicyclic) bond motifs is 1. The Kier molecular flexibility index (Phi) is 2.68. The zero-order valence-corrected chi connectivity index (χ0v) is 9.65. The fourth-order valence-electron chi connectivity index (χ4n) is 2.49. The largest absolute Gasteiger partial charge is 0.327 e. The van der Waals surface area contributed by atoms with Crippen molar-refractivity contribution in [3.05, 3.63) is 28.8 Å². The molecule has 0 unspecified atom stereocenters. The molecule has 3 rings (SSSR count). The number of aromatic nitrogens is 3. The predicted octanol–water partition coefficient (Wildman–Crippen LogP) is 0.724. The minimum atomic E-state index is -0.0442. The van der Waals surface area contributed by atoms with Crippen molar-refractivity contribution >= 4 is 11.2 Å². The van der Waals surface area contributed by atoms with E-state index in [1.807, 2.05) is 16.7 Å². The van der Waals surface area contributed by atoms with Gasteiger partial charge in [-0.25, -0.2) is 9.78 Å². The quantitative estimate of drug-likeness (QED) is 0.802. The van der Waals surface area contributed by atoms with Crippen molar-refractivity contribution in [2.45, 2.75) is 19.4 Å². The summed E-state index contributed by atoms with van der Waals surface area (Å²) in [5.74, 6) is 0.591. The Hall–Kier alpha value is -1.62. The molecule has 0 radical (unpaired) electrons. The van der Waals surface area contributed by atoms with Gasteiger partial charge in [0.1, 0.15) is 0 Å². The van der Waals surface area contributed by atoms with Gasteiger partial charge in [0, 0.05) is 12.7 Å². The highest BCUT2D eigenvalue weighted by Gasteiger charge is 2.16. The number of hydrogen-bond donors (Lipinski definition) is 2. The van der Waals surface area contributed by atoms with Gasteiger partial charge in [-0.3, -0.25) is 9.55 Å². The summed E-state index contributed by atoms with van der Waals surface area (Å²) in [6.45, 7) is 2.91. The first kappa shape index (κ1) is 10.5. The molecule has 0 spiro atoms. The van der Waals surface area contributed by atoms with Crippen LogP contribution in [0.25, 0.3) is 11.2 Å². The van der Waals surface area contributed by atoms with Crippen molar-refractivity contribution in [1.82, 2.24) is 19.9 Å². The van der Waals surface area contributed by atoms with E-state index in [1.165, 1.54) is 0 Å². The number of H-pyrrole nitrogens is 1. The summed E-state index contributed by atoms with van der Waals surface area (Å²) in [6.07, 6.45) is 3.98. The summed E-state index contributed by atoms with van der Waals surface area (Å²) in [7, 11) is 0. The van der Waals surface area contributed by atoms with E-state index in [9.17, 15) is 4.79 Å². The lowest BCUT2D eigenvalue weighted by atomic mass is 9.98. The van der Waals surface area contributed by atoms with Crippen LogP contribution in [-0.4, -0.2) is 27.6 Å². The number of imidazole rings is 1. The highest BCUT2D eigenvalue weighted by Crippen LogP contribution is 2.16. The molecule has 0 amide bonds. The minimum absolute atomic E-state index is 0.0442. The molecule has 5 nitrogen and oxygen atoms in total. The molecule has 2 N–H and O–H groups in total. The Bertz CT molecular complexity index is 565. The number of hydrogen-bond acceptors (Lipinski definition) is 3. The van der Waals surface area contributed by atoms with Crippen LogP contribution in [0.4, 0.5) is 0 Å². The second-order valence-corrected chi connectivity index (χ2v) is 4.61. The summed E-state index contributed by atoms with van der Waals surface area (Å²) in [5.41, 5.74) is 1.56. The molecule has 1 saturated heterocycles. The van der Waals surface area contributed by atoms with Crippen LogP contribution in [0.5, 0.6) is 0 Å². The van der Waals surface area contributed by atoms with Crippen LogP contribution in [0.1, 0.15) is 12.8 Å². The van der Waals surface area contributed by atoms with Gasteiger partial charge in [0.15, 0.2) is 5.65 Å². The molecule has 2 aromatic heterocycles. The van der Waals surface area contributed by atoms with Crippen molar-refractivity contribution < 1.29 is 0 Å². The molecule has 1 fully saturated rings. The molecule has 5 heteroatoms. The number of nitrogens with one attached hydrogen (secondary N) is 2. The van der Waals surface area contributed by atoms with Gasteiger partial charge < -0.3 is 5.32 Å². The van der Waals surface area contributed by atoms with E-state index in [2.05, 4.69) is 15.3 Å². The second kappa shape index (κ2) is 4.33. The van der Waals surface area contributed by atoms with Crippen LogP contribution < -0.4 is 11.0 Å². The standard InChI is InChI=1S/C12H16N4O/c17-12-15-11-10(2-1-5-14-11)16(12)8-9-3-6-13-7-4-9/h1-2,5,9,13H,3-4,6-8H2,(H,14,15,17). The molecule has 0 bridgehead atoms. The predicted molar refractivity (Wildman–Crippen MR) is 65.9 cm³/mol. The van der Waals surface area contributed by atoms with Crippen LogP contribution in [0, 0.1) is 5.92 Å². The van der Waals surface area contributed by atoms with Gasteiger partial charge in [-0.2, -0.15) is 0 Å². The van der Waals surface area contributed by atoms with E-state index in [-0.39, 0.29) is 5.69 Å². The maximum absolute atomic E-state index is 11.9. The zero-order chi connectivity index (χ0) is 11.7. The first-order valence-corrected chi connectivity index (χ1v) is 6.09. The van der Waals surface area contributed by atoms with Crippen molar-refractivity contribution in [2.75, 3.05) is 13.1 Å². The van der Waals surface area contributed by atoms with E-state index in [0.717, 1.165) is 38.0 Å². The molecule has 0 aromatic carbocycles. The number of nitrogens with zero attached hydrogens (tertiary/aromatic N) is 2. The summed E-state index contributed by atoms with van der Waals surface area (Å²) >= 11 is 0. The van der Waals surface area contributed by atoms with Crippen LogP contribution in [0.2, 0.25) is 0 Å². The fraction of sp³-hybridized carbons (Fsp3) is 0.500. The first-order chi connectivity index (χ1) is 8.34. The maximum atomic E-state index is 11.9. The summed E-state index contributed by atoms with van der Waals surface area (Å²) in [5, 5.41) is 3.34. The third-order valence-electron chi connectivity index (χ3n) is 3.45. The molecular formula is C12H16N4O. The Morgan fingerprint density at radius 1 is 1.41 bits per heavy atom. The van der Waals surface area contributed by atoms with Gasteiger partial charge >= 0.3 is 5.69 Å². The minimum Gasteiger partial charge on any atom is -0.317 e. The van der Waals surface area contributed by atoms with Crippen LogP contribution in [-0.2, 0) is 6.54 Å². The Morgan fingerprint density at radius 2 is 2.24 bits per heavy atom. The fourth-order valence-corrected chi connectivity index (χ4v) is 2.49. The van der Waals surface area contributed by atoms with E-state index < -0.39 is 0 Å². The van der Waals surface area contributed by atoms with E-state index in [4.69, 9.17) is 0 Å². The molecule has 90 valence electrons.